The Morgan fingerprint density at radius 1 is 0.900 bits per heavy atom. The van der Waals surface area contributed by atoms with Gasteiger partial charge in [-0.1, -0.05) is 24.3 Å². The molecule has 3 aromatic rings. The molecule has 1 aromatic heterocycles. The summed E-state index contributed by atoms with van der Waals surface area (Å²) in [6.45, 7) is 6.25. The van der Waals surface area contributed by atoms with E-state index >= 15 is 0 Å². The van der Waals surface area contributed by atoms with E-state index in [-0.39, 0.29) is 23.5 Å². The predicted octanol–water partition coefficient (Wildman–Crippen LogP) is 1.48. The zero-order valence-corrected chi connectivity index (χ0v) is 22.8. The Morgan fingerprint density at radius 2 is 1.50 bits per heavy atom. The van der Waals surface area contributed by atoms with E-state index < -0.39 is 15.9 Å². The second-order valence-corrected chi connectivity index (χ2v) is 11.4. The largest absolute Gasteiger partial charge is 0.492 e. The van der Waals surface area contributed by atoms with Gasteiger partial charge in [-0.05, 0) is 35.4 Å². The number of hydroxylamine groups is 1. The molecule has 40 heavy (non-hydrogen) atoms. The van der Waals surface area contributed by atoms with Crippen LogP contribution in [0.4, 0.5) is 5.95 Å². The van der Waals surface area contributed by atoms with Crippen molar-refractivity contribution in [1.82, 2.24) is 24.7 Å². The molecule has 0 bridgehead atoms. The third kappa shape index (κ3) is 6.57. The average molecular weight is 569 g/mol. The fourth-order valence-corrected chi connectivity index (χ4v) is 6.05. The van der Waals surface area contributed by atoms with Gasteiger partial charge in [-0.15, -0.1) is 0 Å². The first-order chi connectivity index (χ1) is 19.4. The Labute approximate surface area is 233 Å². The molecule has 5 rings (SSSR count). The van der Waals surface area contributed by atoms with E-state index in [9.17, 15) is 13.2 Å². The number of carbonyl (C=O) groups excluding carboxylic acids is 1. The molecule has 2 saturated heterocycles. The molecular weight excluding hydrogens is 536 g/mol. The molecule has 2 N–H and O–H groups in total. The fraction of sp³-hybridized carbons (Fsp3) is 0.370. The van der Waals surface area contributed by atoms with Crippen LogP contribution in [0, 0.1) is 0 Å². The smallest absolute Gasteiger partial charge is 0.277 e. The fourth-order valence-electron chi connectivity index (χ4n) is 4.62. The van der Waals surface area contributed by atoms with E-state index in [1.54, 1.807) is 12.1 Å². The topological polar surface area (TPSA) is 137 Å². The third-order valence-corrected chi connectivity index (χ3v) is 8.90. The van der Waals surface area contributed by atoms with E-state index in [2.05, 4.69) is 14.9 Å². The van der Waals surface area contributed by atoms with Crippen molar-refractivity contribution in [2.45, 2.75) is 4.90 Å². The minimum atomic E-state index is -3.66. The summed E-state index contributed by atoms with van der Waals surface area (Å²) in [5, 5.41) is 8.71. The Kier molecular flexibility index (Phi) is 8.87. The summed E-state index contributed by atoms with van der Waals surface area (Å²) in [4.78, 5) is 24.2. The molecule has 2 aromatic carbocycles. The predicted molar refractivity (Wildman–Crippen MR) is 147 cm³/mol. The molecule has 212 valence electrons. The van der Waals surface area contributed by atoms with Gasteiger partial charge in [0.05, 0.1) is 23.7 Å². The molecule has 3 heterocycles. The van der Waals surface area contributed by atoms with Crippen LogP contribution in [-0.4, -0.2) is 104 Å². The molecule has 0 saturated carbocycles. The van der Waals surface area contributed by atoms with Crippen LogP contribution in [-0.2, 0) is 14.8 Å². The number of rotatable bonds is 9. The molecule has 0 spiro atoms. The van der Waals surface area contributed by atoms with Crippen LogP contribution in [0.15, 0.2) is 65.8 Å². The van der Waals surface area contributed by atoms with Gasteiger partial charge in [0.15, 0.2) is 0 Å². The van der Waals surface area contributed by atoms with E-state index in [1.807, 2.05) is 41.3 Å². The lowest BCUT2D eigenvalue weighted by molar-refractivity contribution is 0.0322. The SMILES string of the molecule is O=C(NO)c1cnc(N2CCN(S(=O)(=O)c3ccc(-c4ccc(OCCN5CCOCC5)cc4)cc3)CC2)nc1. The highest BCUT2D eigenvalue weighted by atomic mass is 32.2. The highest BCUT2D eigenvalue weighted by Gasteiger charge is 2.29. The second kappa shape index (κ2) is 12.7. The lowest BCUT2D eigenvalue weighted by atomic mass is 10.1. The van der Waals surface area contributed by atoms with Gasteiger partial charge in [0.1, 0.15) is 12.4 Å². The monoisotopic (exact) mass is 568 g/mol. The van der Waals surface area contributed by atoms with Crippen LogP contribution >= 0.6 is 0 Å². The van der Waals surface area contributed by atoms with Gasteiger partial charge >= 0.3 is 0 Å². The van der Waals surface area contributed by atoms with E-state index in [4.69, 9.17) is 14.7 Å². The van der Waals surface area contributed by atoms with Gasteiger partial charge in [-0.25, -0.2) is 23.9 Å². The van der Waals surface area contributed by atoms with E-state index in [1.165, 1.54) is 22.2 Å². The van der Waals surface area contributed by atoms with Crippen molar-refractivity contribution in [1.29, 1.82) is 0 Å². The van der Waals surface area contributed by atoms with Gasteiger partial charge < -0.3 is 14.4 Å². The third-order valence-electron chi connectivity index (χ3n) is 6.98. The van der Waals surface area contributed by atoms with Crippen LogP contribution in [0.2, 0.25) is 0 Å². The average Bonchev–Trinajstić information content (AvgIpc) is 3.02. The van der Waals surface area contributed by atoms with Crippen molar-refractivity contribution >= 4 is 21.9 Å². The lowest BCUT2D eigenvalue weighted by Gasteiger charge is -2.34. The highest BCUT2D eigenvalue weighted by molar-refractivity contribution is 7.89. The van der Waals surface area contributed by atoms with Crippen LogP contribution in [0.1, 0.15) is 10.4 Å². The van der Waals surface area contributed by atoms with Crippen molar-refractivity contribution in [2.75, 3.05) is 70.5 Å². The molecule has 0 atom stereocenters. The number of ether oxygens (including phenoxy) is 2. The normalized spacial score (nSPS) is 17.0. The van der Waals surface area contributed by atoms with Crippen molar-refractivity contribution in [3.8, 4) is 16.9 Å². The number of anilines is 1. The number of carbonyl (C=O) groups is 1. The zero-order chi connectivity index (χ0) is 28.0. The molecule has 2 aliphatic heterocycles. The summed E-state index contributed by atoms with van der Waals surface area (Å²) in [6.07, 6.45) is 2.62. The maximum atomic E-state index is 13.3. The summed E-state index contributed by atoms with van der Waals surface area (Å²) in [6, 6.07) is 14.7. The maximum absolute atomic E-state index is 13.3. The Hall–Kier alpha value is -3.62. The van der Waals surface area contributed by atoms with Crippen molar-refractivity contribution in [3.63, 3.8) is 0 Å². The molecule has 1 amide bonds. The lowest BCUT2D eigenvalue weighted by Crippen LogP contribution is -2.49. The minimum Gasteiger partial charge on any atom is -0.492 e. The van der Waals surface area contributed by atoms with Gasteiger partial charge in [0, 0.05) is 58.2 Å². The van der Waals surface area contributed by atoms with Crippen molar-refractivity contribution in [2.24, 2.45) is 0 Å². The van der Waals surface area contributed by atoms with E-state index in [0.717, 1.165) is 49.7 Å². The first-order valence-corrected chi connectivity index (χ1v) is 14.5. The first-order valence-electron chi connectivity index (χ1n) is 13.1. The molecule has 12 nitrogen and oxygen atoms in total. The van der Waals surface area contributed by atoms with Gasteiger partial charge in [0.25, 0.3) is 5.91 Å². The molecule has 0 aliphatic carbocycles. The number of benzene rings is 2. The zero-order valence-electron chi connectivity index (χ0n) is 22.0. The van der Waals surface area contributed by atoms with Gasteiger partial charge in [-0.3, -0.25) is 14.9 Å². The van der Waals surface area contributed by atoms with Crippen molar-refractivity contribution < 1.29 is 27.9 Å². The van der Waals surface area contributed by atoms with Crippen LogP contribution in [0.5, 0.6) is 5.75 Å². The van der Waals surface area contributed by atoms with Crippen LogP contribution in [0.3, 0.4) is 0 Å². The number of sulfonamides is 1. The standard InChI is InChI=1S/C27H32N6O6S/c34-26(30-35)23-19-28-27(29-20-23)32-9-11-33(12-10-32)40(36,37)25-7-3-22(4-8-25)21-1-5-24(6-2-21)39-18-15-31-13-16-38-17-14-31/h1-8,19-20,35H,9-18H2,(H,30,34). The van der Waals surface area contributed by atoms with Crippen LogP contribution < -0.4 is 15.1 Å². The molecule has 2 fully saturated rings. The quantitative estimate of drug-likeness (QED) is 0.288. The summed E-state index contributed by atoms with van der Waals surface area (Å²) in [5.41, 5.74) is 3.55. The number of morpholine rings is 1. The number of nitrogens with zero attached hydrogens (tertiary/aromatic N) is 5. The Balaban J connectivity index is 1.14. The van der Waals surface area contributed by atoms with Gasteiger partial charge in [0.2, 0.25) is 16.0 Å². The second-order valence-electron chi connectivity index (χ2n) is 9.46. The summed E-state index contributed by atoms with van der Waals surface area (Å²) >= 11 is 0. The molecule has 0 radical (unpaired) electrons. The summed E-state index contributed by atoms with van der Waals surface area (Å²) in [5.74, 6) is 0.492. The number of nitrogens with one attached hydrogen (secondary N) is 1. The minimum absolute atomic E-state index is 0.125. The van der Waals surface area contributed by atoms with Gasteiger partial charge in [-0.2, -0.15) is 4.31 Å². The molecular formula is C27H32N6O6S. The molecule has 13 heteroatoms. The number of piperazine rings is 1. The maximum Gasteiger partial charge on any atom is 0.277 e. The summed E-state index contributed by atoms with van der Waals surface area (Å²) < 4.78 is 39.2. The molecule has 0 unspecified atom stereocenters. The highest BCUT2D eigenvalue weighted by Crippen LogP contribution is 2.26. The summed E-state index contributed by atoms with van der Waals surface area (Å²) in [7, 11) is -3.66. The number of amides is 1. The Bertz CT molecular complexity index is 1370. The first kappa shape index (κ1) is 27.9. The van der Waals surface area contributed by atoms with Crippen LogP contribution in [0.25, 0.3) is 11.1 Å². The van der Waals surface area contributed by atoms with Crippen molar-refractivity contribution in [3.05, 3.63) is 66.5 Å². The number of aromatic nitrogens is 2. The molecule has 2 aliphatic rings. The number of hydrogen-bond donors (Lipinski definition) is 2. The van der Waals surface area contributed by atoms with E-state index in [0.29, 0.717) is 25.6 Å². The number of hydrogen-bond acceptors (Lipinski definition) is 10. The Morgan fingerprint density at radius 3 is 2.10 bits per heavy atom.